The average Bonchev–Trinajstić information content (AvgIpc) is 3.42. The Balaban J connectivity index is 1.61. The first-order valence-corrected chi connectivity index (χ1v) is 9.78. The summed E-state index contributed by atoms with van der Waals surface area (Å²) in [6, 6.07) is 20.4. The van der Waals surface area contributed by atoms with Crippen molar-refractivity contribution >= 4 is 39.2 Å². The number of hydrogen-bond donors (Lipinski definition) is 0. The fourth-order valence-electron chi connectivity index (χ4n) is 2.85. The lowest BCUT2D eigenvalue weighted by Gasteiger charge is -2.03. The molecule has 0 bridgehead atoms. The number of para-hydroxylation sites is 1. The van der Waals surface area contributed by atoms with Crippen LogP contribution in [-0.2, 0) is 4.74 Å². The quantitative estimate of drug-likeness (QED) is 0.250. The summed E-state index contributed by atoms with van der Waals surface area (Å²) in [7, 11) is 0. The van der Waals surface area contributed by atoms with Gasteiger partial charge in [-0.2, -0.15) is 5.26 Å². The van der Waals surface area contributed by atoms with Gasteiger partial charge in [0.1, 0.15) is 22.6 Å². The molecule has 5 nitrogen and oxygen atoms in total. The lowest BCUT2D eigenvalue weighted by Crippen LogP contribution is -2.05. The fourth-order valence-corrected chi connectivity index (χ4v) is 3.78. The van der Waals surface area contributed by atoms with Gasteiger partial charge in [-0.15, -0.1) is 17.8 Å². The smallest absolute Gasteiger partial charge is 0.339 e. The third-order valence-electron chi connectivity index (χ3n) is 4.23. The van der Waals surface area contributed by atoms with E-state index in [-0.39, 0.29) is 6.61 Å². The molecule has 144 valence electrons. The molecule has 0 spiro atoms. The van der Waals surface area contributed by atoms with E-state index in [2.05, 4.69) is 17.0 Å². The van der Waals surface area contributed by atoms with Gasteiger partial charge in [-0.3, -0.25) is 0 Å². The summed E-state index contributed by atoms with van der Waals surface area (Å²) in [6.45, 7) is -0.0819. The van der Waals surface area contributed by atoms with Crippen LogP contribution in [0.3, 0.4) is 0 Å². The van der Waals surface area contributed by atoms with Crippen molar-refractivity contribution in [3.8, 4) is 29.7 Å². The Bertz CT molecular complexity index is 1320. The summed E-state index contributed by atoms with van der Waals surface area (Å²) in [6.07, 6.45) is 6.78. The number of ether oxygens (including phenoxy) is 1. The number of fused-ring (bicyclic) bond motifs is 1. The Morgan fingerprint density at radius 3 is 2.87 bits per heavy atom. The van der Waals surface area contributed by atoms with Gasteiger partial charge in [0.05, 0.1) is 21.4 Å². The van der Waals surface area contributed by atoms with Gasteiger partial charge < -0.3 is 9.15 Å². The Morgan fingerprint density at radius 2 is 2.07 bits per heavy atom. The summed E-state index contributed by atoms with van der Waals surface area (Å²) in [5.41, 5.74) is 2.36. The molecule has 0 aliphatic heterocycles. The van der Waals surface area contributed by atoms with E-state index in [0.29, 0.717) is 33.2 Å². The van der Waals surface area contributed by atoms with Gasteiger partial charge in [0.25, 0.3) is 0 Å². The normalized spacial score (nSPS) is 11.1. The van der Waals surface area contributed by atoms with Gasteiger partial charge in [0, 0.05) is 11.6 Å². The van der Waals surface area contributed by atoms with E-state index in [4.69, 9.17) is 15.6 Å². The van der Waals surface area contributed by atoms with E-state index in [1.54, 1.807) is 36.4 Å². The van der Waals surface area contributed by atoms with Crippen LogP contribution in [-0.4, -0.2) is 17.6 Å². The van der Waals surface area contributed by atoms with Gasteiger partial charge in [-0.05, 0) is 36.4 Å². The van der Waals surface area contributed by atoms with Crippen LogP contribution in [0.15, 0.2) is 65.1 Å². The highest BCUT2D eigenvalue weighted by atomic mass is 32.1. The number of hydrogen-bond acceptors (Lipinski definition) is 6. The van der Waals surface area contributed by atoms with Crippen LogP contribution in [0, 0.1) is 23.7 Å². The van der Waals surface area contributed by atoms with E-state index in [1.165, 1.54) is 11.3 Å². The molecule has 30 heavy (non-hydrogen) atoms. The minimum Gasteiger partial charge on any atom is -0.457 e. The lowest BCUT2D eigenvalue weighted by molar-refractivity contribution is 0.0557. The van der Waals surface area contributed by atoms with Crippen molar-refractivity contribution < 1.29 is 13.9 Å². The van der Waals surface area contributed by atoms with Gasteiger partial charge >= 0.3 is 5.97 Å². The van der Waals surface area contributed by atoms with Crippen molar-refractivity contribution in [1.82, 2.24) is 4.98 Å². The molecular formula is C24H14N2O3S. The first kappa shape index (κ1) is 19.2. The maximum absolute atomic E-state index is 12.0. The third-order valence-corrected chi connectivity index (χ3v) is 5.30. The first-order valence-electron chi connectivity index (χ1n) is 8.96. The van der Waals surface area contributed by atoms with Gasteiger partial charge in [0.2, 0.25) is 0 Å². The second kappa shape index (κ2) is 8.48. The van der Waals surface area contributed by atoms with Crippen LogP contribution < -0.4 is 0 Å². The van der Waals surface area contributed by atoms with Gasteiger partial charge in [-0.25, -0.2) is 9.78 Å². The van der Waals surface area contributed by atoms with Gasteiger partial charge in [0.15, 0.2) is 6.61 Å². The number of furan rings is 1. The Morgan fingerprint density at radius 1 is 1.20 bits per heavy atom. The van der Waals surface area contributed by atoms with Crippen molar-refractivity contribution in [2.75, 3.05) is 6.61 Å². The molecule has 0 aliphatic rings. The van der Waals surface area contributed by atoms with Crippen molar-refractivity contribution in [1.29, 1.82) is 5.26 Å². The van der Waals surface area contributed by atoms with Crippen LogP contribution >= 0.6 is 11.3 Å². The second-order valence-electron chi connectivity index (χ2n) is 6.22. The van der Waals surface area contributed by atoms with Crippen LogP contribution in [0.5, 0.6) is 0 Å². The summed E-state index contributed by atoms with van der Waals surface area (Å²) in [5, 5.41) is 10.2. The summed E-state index contributed by atoms with van der Waals surface area (Å²) >= 11 is 1.46. The Labute approximate surface area is 176 Å². The maximum Gasteiger partial charge on any atom is 0.339 e. The van der Waals surface area contributed by atoms with E-state index >= 15 is 0 Å². The Hall–Kier alpha value is -4.13. The predicted octanol–water partition coefficient (Wildman–Crippen LogP) is 5.41. The maximum atomic E-state index is 12.0. The number of carbonyl (C=O) groups excluding carboxylic acids is 1. The van der Waals surface area contributed by atoms with E-state index in [0.717, 1.165) is 10.2 Å². The van der Waals surface area contributed by atoms with Crippen molar-refractivity contribution in [2.24, 2.45) is 0 Å². The molecule has 6 heteroatoms. The molecule has 2 heterocycles. The monoisotopic (exact) mass is 410 g/mol. The molecule has 4 aromatic rings. The largest absolute Gasteiger partial charge is 0.457 e. The van der Waals surface area contributed by atoms with Crippen LogP contribution in [0.4, 0.5) is 0 Å². The highest BCUT2D eigenvalue weighted by Crippen LogP contribution is 2.30. The molecule has 0 unspecified atom stereocenters. The van der Waals surface area contributed by atoms with E-state index in [9.17, 15) is 10.1 Å². The standard InChI is InChI=1S/C24H14N2O3S/c1-2-12-28-24(27)17-7-5-6-16(13-17)21-11-10-19(29-21)14-18(15-25)23-26-20-8-3-4-9-22(20)30-23/h1,3-11,13-14H,12H2/b18-14-. The number of nitrogens with zero attached hydrogens (tertiary/aromatic N) is 2. The molecule has 0 amide bonds. The zero-order valence-electron chi connectivity index (χ0n) is 15.7. The van der Waals surface area contributed by atoms with Crippen LogP contribution in [0.2, 0.25) is 0 Å². The average molecular weight is 410 g/mol. The van der Waals surface area contributed by atoms with Crippen molar-refractivity contribution in [2.45, 2.75) is 0 Å². The number of thiazole rings is 1. The molecule has 0 saturated carbocycles. The van der Waals surface area contributed by atoms with Gasteiger partial charge in [-0.1, -0.05) is 30.2 Å². The molecule has 2 aromatic carbocycles. The van der Waals surface area contributed by atoms with Crippen LogP contribution in [0.25, 0.3) is 33.2 Å². The van der Waals surface area contributed by atoms with Crippen LogP contribution in [0.1, 0.15) is 21.1 Å². The third kappa shape index (κ3) is 4.00. The number of benzene rings is 2. The minimum atomic E-state index is -0.496. The summed E-state index contributed by atoms with van der Waals surface area (Å²) in [5.74, 6) is 2.85. The number of terminal acetylenes is 1. The molecule has 0 saturated heterocycles. The van der Waals surface area contributed by atoms with Crippen molar-refractivity contribution in [3.63, 3.8) is 0 Å². The number of aromatic nitrogens is 1. The number of carbonyl (C=O) groups is 1. The SMILES string of the molecule is C#CCOC(=O)c1cccc(-c2ccc(/C=C(/C#N)c3nc4ccccc4s3)o2)c1. The fraction of sp³-hybridized carbons (Fsp3) is 0.0417. The lowest BCUT2D eigenvalue weighted by atomic mass is 10.1. The van der Waals surface area contributed by atoms with Crippen molar-refractivity contribution in [3.05, 3.63) is 77.0 Å². The molecule has 0 N–H and O–H groups in total. The molecule has 0 radical (unpaired) electrons. The molecule has 0 fully saturated rings. The molecule has 4 rings (SSSR count). The second-order valence-corrected chi connectivity index (χ2v) is 7.25. The molecule has 0 atom stereocenters. The highest BCUT2D eigenvalue weighted by molar-refractivity contribution is 7.19. The number of nitriles is 1. The number of allylic oxidation sites excluding steroid dienone is 1. The molecule has 2 aromatic heterocycles. The summed E-state index contributed by atoms with van der Waals surface area (Å²) in [4.78, 5) is 16.5. The first-order chi connectivity index (χ1) is 14.7. The molecular weight excluding hydrogens is 396 g/mol. The predicted molar refractivity (Wildman–Crippen MR) is 116 cm³/mol. The summed E-state index contributed by atoms with van der Waals surface area (Å²) < 4.78 is 11.9. The number of esters is 1. The number of rotatable bonds is 5. The van der Waals surface area contributed by atoms with E-state index in [1.807, 2.05) is 30.3 Å². The minimum absolute atomic E-state index is 0.0819. The Kier molecular flexibility index (Phi) is 5.43. The molecule has 0 aliphatic carbocycles. The zero-order chi connectivity index (χ0) is 20.9. The van der Waals surface area contributed by atoms with E-state index < -0.39 is 5.97 Å². The topological polar surface area (TPSA) is 76.1 Å². The highest BCUT2D eigenvalue weighted by Gasteiger charge is 2.12. The zero-order valence-corrected chi connectivity index (χ0v) is 16.5.